The van der Waals surface area contributed by atoms with Crippen molar-refractivity contribution in [2.24, 2.45) is 0 Å². The number of hydrogen-bond acceptors (Lipinski definition) is 1. The van der Waals surface area contributed by atoms with Gasteiger partial charge in [0.25, 0.3) is 0 Å². The van der Waals surface area contributed by atoms with Crippen LogP contribution in [0.15, 0.2) is 30.9 Å². The van der Waals surface area contributed by atoms with Crippen LogP contribution < -0.4 is 4.57 Å². The molecule has 1 heterocycles. The van der Waals surface area contributed by atoms with Gasteiger partial charge in [-0.1, -0.05) is 17.7 Å². The van der Waals surface area contributed by atoms with E-state index in [1.165, 1.54) is 22.4 Å². The average molecular weight is 245 g/mol. The Morgan fingerprint density at radius 1 is 1.17 bits per heavy atom. The quantitative estimate of drug-likeness (QED) is 0.821. The van der Waals surface area contributed by atoms with Gasteiger partial charge in [-0.2, -0.15) is 0 Å². The molecule has 18 heavy (non-hydrogen) atoms. The van der Waals surface area contributed by atoms with Crippen LogP contribution in [0.5, 0.6) is 0 Å². The zero-order valence-electron chi connectivity index (χ0n) is 11.3. The van der Waals surface area contributed by atoms with Crippen molar-refractivity contribution in [3.63, 3.8) is 0 Å². The molecule has 0 aliphatic carbocycles. The molecule has 3 heteroatoms. The molecule has 2 rings (SSSR count). The van der Waals surface area contributed by atoms with Gasteiger partial charge in [0.1, 0.15) is 18.1 Å². The monoisotopic (exact) mass is 245 g/mol. The van der Waals surface area contributed by atoms with E-state index >= 15 is 0 Å². The summed E-state index contributed by atoms with van der Waals surface area (Å²) in [7, 11) is 0. The summed E-state index contributed by atoms with van der Waals surface area (Å²) in [5.74, 6) is 0. The first kappa shape index (κ1) is 12.8. The number of aryl methyl sites for hydroxylation is 4. The van der Waals surface area contributed by atoms with Gasteiger partial charge < -0.3 is 5.11 Å². The second-order valence-corrected chi connectivity index (χ2v) is 4.88. The third-order valence-electron chi connectivity index (χ3n) is 3.16. The molecule has 3 nitrogen and oxygen atoms in total. The molecule has 1 aromatic heterocycles. The Morgan fingerprint density at radius 2 is 1.83 bits per heavy atom. The van der Waals surface area contributed by atoms with Crippen LogP contribution in [-0.2, 0) is 6.54 Å². The maximum absolute atomic E-state index is 8.85. The highest BCUT2D eigenvalue weighted by Crippen LogP contribution is 2.20. The fourth-order valence-corrected chi connectivity index (χ4v) is 2.49. The second kappa shape index (κ2) is 5.36. The first-order valence-corrected chi connectivity index (χ1v) is 6.38. The fourth-order valence-electron chi connectivity index (χ4n) is 2.49. The van der Waals surface area contributed by atoms with Crippen molar-refractivity contribution in [2.45, 2.75) is 33.7 Å². The molecule has 0 bridgehead atoms. The number of imidazole rings is 1. The molecule has 2 aromatic rings. The topological polar surface area (TPSA) is 29.0 Å². The van der Waals surface area contributed by atoms with Gasteiger partial charge in [-0.3, -0.25) is 0 Å². The zero-order valence-corrected chi connectivity index (χ0v) is 11.3. The van der Waals surface area contributed by atoms with E-state index in [4.69, 9.17) is 5.11 Å². The minimum atomic E-state index is 0.237. The molecular formula is C15H21N2O+. The average Bonchev–Trinajstić information content (AvgIpc) is 2.73. The lowest BCUT2D eigenvalue weighted by Crippen LogP contribution is -2.31. The van der Waals surface area contributed by atoms with E-state index in [1.54, 1.807) is 0 Å². The van der Waals surface area contributed by atoms with Gasteiger partial charge >= 0.3 is 0 Å². The highest BCUT2D eigenvalue weighted by molar-refractivity contribution is 5.48. The standard InChI is InChI=1S/C15H21N2O/c1-12-9-13(2)15(14(3)10-12)17-7-6-16(11-17)5-4-8-18/h6-7,9-11,18H,4-5,8H2,1-3H3/q+1. The molecule has 0 fully saturated rings. The highest BCUT2D eigenvalue weighted by atomic mass is 16.3. The van der Waals surface area contributed by atoms with Crippen LogP contribution in [-0.4, -0.2) is 16.3 Å². The number of aromatic nitrogens is 2. The maximum atomic E-state index is 8.85. The Bertz CT molecular complexity index is 520. The molecule has 0 saturated carbocycles. The van der Waals surface area contributed by atoms with E-state index in [9.17, 15) is 0 Å². The number of aliphatic hydroxyl groups is 1. The summed E-state index contributed by atoms with van der Waals surface area (Å²) in [4.78, 5) is 0. The summed E-state index contributed by atoms with van der Waals surface area (Å²) in [6.07, 6.45) is 7.00. The van der Waals surface area contributed by atoms with Crippen LogP contribution in [0, 0.1) is 20.8 Å². The Kier molecular flexibility index (Phi) is 3.82. The lowest BCUT2D eigenvalue weighted by Gasteiger charge is -2.06. The lowest BCUT2D eigenvalue weighted by molar-refractivity contribution is -0.696. The minimum absolute atomic E-state index is 0.237. The predicted octanol–water partition coefficient (Wildman–Crippen LogP) is 2.07. The number of aliphatic hydroxyl groups excluding tert-OH is 1. The summed E-state index contributed by atoms with van der Waals surface area (Å²) in [6, 6.07) is 4.42. The van der Waals surface area contributed by atoms with Crippen molar-refractivity contribution in [1.29, 1.82) is 0 Å². The van der Waals surface area contributed by atoms with E-state index < -0.39 is 0 Å². The van der Waals surface area contributed by atoms with Crippen molar-refractivity contribution < 1.29 is 9.67 Å². The smallest absolute Gasteiger partial charge is 0.248 e. The summed E-state index contributed by atoms with van der Waals surface area (Å²) in [5.41, 5.74) is 5.13. The van der Waals surface area contributed by atoms with Crippen LogP contribution in [0.25, 0.3) is 5.69 Å². The summed E-state index contributed by atoms with van der Waals surface area (Å²) in [6.45, 7) is 7.51. The Labute approximate surface area is 108 Å². The van der Waals surface area contributed by atoms with Crippen LogP contribution >= 0.6 is 0 Å². The molecule has 1 aromatic carbocycles. The van der Waals surface area contributed by atoms with E-state index in [1.807, 2.05) is 6.20 Å². The Morgan fingerprint density at radius 3 is 2.44 bits per heavy atom. The summed E-state index contributed by atoms with van der Waals surface area (Å²) < 4.78 is 4.26. The summed E-state index contributed by atoms with van der Waals surface area (Å²) >= 11 is 0. The molecular weight excluding hydrogens is 224 g/mol. The van der Waals surface area contributed by atoms with Gasteiger partial charge in [-0.15, -0.1) is 0 Å². The van der Waals surface area contributed by atoms with Crippen molar-refractivity contribution in [3.8, 4) is 5.69 Å². The Balaban J connectivity index is 2.34. The molecule has 0 unspecified atom stereocenters. The zero-order chi connectivity index (χ0) is 13.1. The van der Waals surface area contributed by atoms with Gasteiger partial charge in [0.15, 0.2) is 0 Å². The van der Waals surface area contributed by atoms with Crippen LogP contribution in [0.2, 0.25) is 0 Å². The van der Waals surface area contributed by atoms with Crippen LogP contribution in [0.3, 0.4) is 0 Å². The molecule has 0 saturated heterocycles. The third-order valence-corrected chi connectivity index (χ3v) is 3.16. The molecule has 0 spiro atoms. The molecule has 0 aliphatic heterocycles. The van der Waals surface area contributed by atoms with E-state index in [-0.39, 0.29) is 6.61 Å². The molecule has 0 amide bonds. The summed E-state index contributed by atoms with van der Waals surface area (Å²) in [5, 5.41) is 8.85. The molecule has 0 aliphatic rings. The van der Waals surface area contributed by atoms with Crippen LogP contribution in [0.1, 0.15) is 23.1 Å². The highest BCUT2D eigenvalue weighted by Gasteiger charge is 2.12. The second-order valence-electron chi connectivity index (χ2n) is 4.88. The largest absolute Gasteiger partial charge is 0.396 e. The molecule has 0 atom stereocenters. The Hall–Kier alpha value is -1.61. The van der Waals surface area contributed by atoms with Gasteiger partial charge in [0, 0.05) is 13.0 Å². The van der Waals surface area contributed by atoms with E-state index in [2.05, 4.69) is 54.6 Å². The lowest BCUT2D eigenvalue weighted by atomic mass is 10.1. The first-order valence-electron chi connectivity index (χ1n) is 6.38. The van der Waals surface area contributed by atoms with E-state index in [0.29, 0.717) is 0 Å². The number of rotatable bonds is 4. The normalized spacial score (nSPS) is 10.9. The maximum Gasteiger partial charge on any atom is 0.248 e. The minimum Gasteiger partial charge on any atom is -0.396 e. The number of nitrogens with zero attached hydrogens (tertiary/aromatic N) is 2. The molecule has 1 N–H and O–H groups in total. The van der Waals surface area contributed by atoms with Crippen molar-refractivity contribution in [3.05, 3.63) is 47.5 Å². The SMILES string of the molecule is Cc1cc(C)c(-n2cc[n+](CCCO)c2)c(C)c1. The van der Waals surface area contributed by atoms with Crippen molar-refractivity contribution in [1.82, 2.24) is 4.57 Å². The number of benzene rings is 1. The third kappa shape index (κ3) is 2.62. The van der Waals surface area contributed by atoms with Gasteiger partial charge in [0.05, 0.1) is 6.54 Å². The fraction of sp³-hybridized carbons (Fsp3) is 0.400. The predicted molar refractivity (Wildman–Crippen MR) is 71.9 cm³/mol. The first-order chi connectivity index (χ1) is 8.61. The molecule has 0 radical (unpaired) electrons. The molecule has 96 valence electrons. The van der Waals surface area contributed by atoms with Gasteiger partial charge in [-0.25, -0.2) is 9.13 Å². The van der Waals surface area contributed by atoms with E-state index in [0.717, 1.165) is 13.0 Å². The van der Waals surface area contributed by atoms with Crippen molar-refractivity contribution in [2.75, 3.05) is 6.61 Å². The van der Waals surface area contributed by atoms with Gasteiger partial charge in [-0.05, 0) is 31.9 Å². The number of hydrogen-bond donors (Lipinski definition) is 1. The van der Waals surface area contributed by atoms with Crippen molar-refractivity contribution >= 4 is 0 Å². The van der Waals surface area contributed by atoms with Crippen LogP contribution in [0.4, 0.5) is 0 Å². The van der Waals surface area contributed by atoms with Gasteiger partial charge in [0.2, 0.25) is 6.33 Å².